The van der Waals surface area contributed by atoms with E-state index in [1.807, 2.05) is 56.3 Å². The van der Waals surface area contributed by atoms with Crippen LogP contribution in [-0.4, -0.2) is 17.1 Å². The summed E-state index contributed by atoms with van der Waals surface area (Å²) in [4.78, 5) is 16.9. The number of pyridine rings is 1. The number of benzene rings is 2. The molecule has 5 heteroatoms. The third-order valence-corrected chi connectivity index (χ3v) is 4.10. The van der Waals surface area contributed by atoms with Crippen molar-refractivity contribution < 1.29 is 4.79 Å². The molecule has 1 heterocycles. The van der Waals surface area contributed by atoms with Gasteiger partial charge >= 0.3 is 0 Å². The maximum Gasteiger partial charge on any atom is 0.273 e. The van der Waals surface area contributed by atoms with Crippen LogP contribution in [-0.2, 0) is 0 Å². The maximum atomic E-state index is 12.4. The van der Waals surface area contributed by atoms with Crippen molar-refractivity contribution in [3.8, 4) is 0 Å². The molecule has 3 rings (SSSR count). The molecule has 1 aromatic heterocycles. The Morgan fingerprint density at radius 1 is 1.17 bits per heavy atom. The van der Waals surface area contributed by atoms with E-state index in [-0.39, 0.29) is 5.91 Å². The predicted octanol–water partition coefficient (Wildman–Crippen LogP) is 4.27. The average Bonchev–Trinajstić information content (AvgIpc) is 2.57. The van der Waals surface area contributed by atoms with Crippen LogP contribution in [0.3, 0.4) is 0 Å². The van der Waals surface area contributed by atoms with Gasteiger partial charge in [-0.1, -0.05) is 48.0 Å². The number of halogens is 1. The van der Waals surface area contributed by atoms with E-state index in [1.165, 1.54) is 6.21 Å². The zero-order valence-corrected chi connectivity index (χ0v) is 14.1. The van der Waals surface area contributed by atoms with Crippen molar-refractivity contribution in [1.29, 1.82) is 0 Å². The quantitative estimate of drug-likeness (QED) is 0.573. The van der Waals surface area contributed by atoms with Gasteiger partial charge in [-0.2, -0.15) is 5.10 Å². The van der Waals surface area contributed by atoms with Crippen LogP contribution in [0.4, 0.5) is 0 Å². The van der Waals surface area contributed by atoms with Crippen molar-refractivity contribution >= 4 is 34.6 Å². The number of para-hydroxylation sites is 1. The first-order valence-electron chi connectivity index (χ1n) is 7.51. The summed E-state index contributed by atoms with van der Waals surface area (Å²) in [5.74, 6) is -0.299. The fourth-order valence-corrected chi connectivity index (χ4v) is 2.65. The lowest BCUT2D eigenvalue weighted by molar-refractivity contribution is 0.0954. The molecule has 1 amide bonds. The summed E-state index contributed by atoms with van der Waals surface area (Å²) >= 11 is 6.05. The molecule has 1 N–H and O–H groups in total. The minimum absolute atomic E-state index is 0.299. The van der Waals surface area contributed by atoms with E-state index in [4.69, 9.17) is 11.6 Å². The Kier molecular flexibility index (Phi) is 4.58. The summed E-state index contributed by atoms with van der Waals surface area (Å²) < 4.78 is 0. The highest BCUT2D eigenvalue weighted by atomic mass is 35.5. The molecule has 0 fully saturated rings. The van der Waals surface area contributed by atoms with Gasteiger partial charge in [-0.15, -0.1) is 0 Å². The molecule has 0 aliphatic carbocycles. The summed E-state index contributed by atoms with van der Waals surface area (Å²) in [6.45, 7) is 3.82. The minimum Gasteiger partial charge on any atom is -0.267 e. The minimum atomic E-state index is -0.299. The first kappa shape index (κ1) is 16.1. The molecule has 0 saturated carbocycles. The number of aromatic nitrogens is 1. The Labute approximate surface area is 145 Å². The number of carbonyl (C=O) groups excluding carboxylic acids is 1. The second-order valence-corrected chi connectivity index (χ2v) is 5.90. The highest BCUT2D eigenvalue weighted by Gasteiger charge is 2.11. The van der Waals surface area contributed by atoms with E-state index in [0.717, 1.165) is 22.0 Å². The Hall–Kier alpha value is -2.72. The fourth-order valence-electron chi connectivity index (χ4n) is 2.47. The van der Waals surface area contributed by atoms with Crippen LogP contribution in [0.2, 0.25) is 5.02 Å². The molecule has 120 valence electrons. The molecular weight excluding hydrogens is 322 g/mol. The topological polar surface area (TPSA) is 54.4 Å². The van der Waals surface area contributed by atoms with Gasteiger partial charge in [-0.3, -0.25) is 9.78 Å². The number of aryl methyl sites for hydroxylation is 2. The van der Waals surface area contributed by atoms with E-state index in [2.05, 4.69) is 15.5 Å². The lowest BCUT2D eigenvalue weighted by Crippen LogP contribution is -2.19. The van der Waals surface area contributed by atoms with E-state index in [9.17, 15) is 4.79 Å². The van der Waals surface area contributed by atoms with E-state index in [0.29, 0.717) is 16.3 Å². The monoisotopic (exact) mass is 337 g/mol. The molecule has 0 bridgehead atoms. The number of nitrogens with zero attached hydrogens (tertiary/aromatic N) is 2. The van der Waals surface area contributed by atoms with Crippen LogP contribution in [0.1, 0.15) is 27.2 Å². The van der Waals surface area contributed by atoms with Gasteiger partial charge in [0.2, 0.25) is 0 Å². The molecule has 0 aliphatic rings. The molecule has 3 aromatic rings. The van der Waals surface area contributed by atoms with E-state index in [1.54, 1.807) is 6.07 Å². The highest BCUT2D eigenvalue weighted by molar-refractivity contribution is 6.33. The summed E-state index contributed by atoms with van der Waals surface area (Å²) in [6, 6.07) is 15.0. The number of amides is 1. The van der Waals surface area contributed by atoms with Crippen molar-refractivity contribution in [3.05, 3.63) is 75.9 Å². The van der Waals surface area contributed by atoms with Crippen LogP contribution in [0.25, 0.3) is 10.9 Å². The Morgan fingerprint density at radius 3 is 2.75 bits per heavy atom. The third kappa shape index (κ3) is 3.29. The van der Waals surface area contributed by atoms with Crippen LogP contribution in [0.5, 0.6) is 0 Å². The Balaban J connectivity index is 1.84. The number of hydrazone groups is 1. The zero-order valence-electron chi connectivity index (χ0n) is 13.4. The van der Waals surface area contributed by atoms with Gasteiger partial charge in [0.25, 0.3) is 5.91 Å². The van der Waals surface area contributed by atoms with E-state index >= 15 is 0 Å². The third-order valence-electron chi connectivity index (χ3n) is 3.76. The Bertz CT molecular complexity index is 950. The van der Waals surface area contributed by atoms with Crippen molar-refractivity contribution in [1.82, 2.24) is 10.4 Å². The largest absolute Gasteiger partial charge is 0.273 e. The van der Waals surface area contributed by atoms with Crippen LogP contribution in [0, 0.1) is 13.8 Å². The first-order chi connectivity index (χ1) is 11.6. The standard InChI is InChI=1S/C19H16ClN3O/c1-12-6-5-8-14-10-16(13(2)22-18(12)14)19(24)23-21-11-15-7-3-4-9-17(15)20/h3-11H,1-2H3,(H,23,24)/b21-11-. The lowest BCUT2D eigenvalue weighted by Gasteiger charge is -2.07. The van der Waals surface area contributed by atoms with Crippen LogP contribution in [0.15, 0.2) is 53.6 Å². The molecule has 0 saturated heterocycles. The normalized spacial score (nSPS) is 11.1. The number of hydrogen-bond acceptors (Lipinski definition) is 3. The molecule has 4 nitrogen and oxygen atoms in total. The molecular formula is C19H16ClN3O. The smallest absolute Gasteiger partial charge is 0.267 e. The highest BCUT2D eigenvalue weighted by Crippen LogP contribution is 2.19. The van der Waals surface area contributed by atoms with Crippen molar-refractivity contribution in [3.63, 3.8) is 0 Å². The predicted molar refractivity (Wildman–Crippen MR) is 97.7 cm³/mol. The summed E-state index contributed by atoms with van der Waals surface area (Å²) in [6.07, 6.45) is 1.52. The first-order valence-corrected chi connectivity index (χ1v) is 7.89. The Morgan fingerprint density at radius 2 is 1.96 bits per heavy atom. The summed E-state index contributed by atoms with van der Waals surface area (Å²) in [7, 11) is 0. The van der Waals surface area contributed by atoms with Crippen LogP contribution < -0.4 is 5.43 Å². The fraction of sp³-hybridized carbons (Fsp3) is 0.105. The van der Waals surface area contributed by atoms with Gasteiger partial charge in [0.1, 0.15) is 0 Å². The van der Waals surface area contributed by atoms with Crippen molar-refractivity contribution in [2.24, 2.45) is 5.10 Å². The van der Waals surface area contributed by atoms with E-state index < -0.39 is 0 Å². The van der Waals surface area contributed by atoms with Gasteiger partial charge in [0.15, 0.2) is 0 Å². The summed E-state index contributed by atoms with van der Waals surface area (Å²) in [5.41, 5.74) is 6.43. The molecule has 0 unspecified atom stereocenters. The number of fused-ring (bicyclic) bond motifs is 1. The maximum absolute atomic E-state index is 12.4. The van der Waals surface area contributed by atoms with Gasteiger partial charge < -0.3 is 0 Å². The number of nitrogens with one attached hydrogen (secondary N) is 1. The number of hydrogen-bond donors (Lipinski definition) is 1. The van der Waals surface area contributed by atoms with Gasteiger partial charge in [-0.25, -0.2) is 5.43 Å². The summed E-state index contributed by atoms with van der Waals surface area (Å²) in [5, 5.41) is 5.49. The van der Waals surface area contributed by atoms with Crippen LogP contribution >= 0.6 is 11.6 Å². The van der Waals surface area contributed by atoms with Gasteiger partial charge in [0.05, 0.1) is 23.0 Å². The molecule has 0 atom stereocenters. The lowest BCUT2D eigenvalue weighted by atomic mass is 10.1. The number of carbonyl (C=O) groups is 1. The van der Waals surface area contributed by atoms with Crippen molar-refractivity contribution in [2.45, 2.75) is 13.8 Å². The van der Waals surface area contributed by atoms with Gasteiger partial charge in [-0.05, 0) is 31.5 Å². The molecule has 24 heavy (non-hydrogen) atoms. The molecule has 2 aromatic carbocycles. The van der Waals surface area contributed by atoms with Crippen molar-refractivity contribution in [2.75, 3.05) is 0 Å². The molecule has 0 aliphatic heterocycles. The second kappa shape index (κ2) is 6.81. The second-order valence-electron chi connectivity index (χ2n) is 5.49. The SMILES string of the molecule is Cc1nc2c(C)cccc2cc1C(=O)N/N=C\c1ccccc1Cl. The molecule has 0 radical (unpaired) electrons. The number of rotatable bonds is 3. The zero-order chi connectivity index (χ0) is 17.1. The average molecular weight is 338 g/mol. The van der Waals surface area contributed by atoms with Gasteiger partial charge in [0, 0.05) is 16.0 Å². The molecule has 0 spiro atoms.